The second-order valence-corrected chi connectivity index (χ2v) is 8.35. The molecule has 1 aromatic rings. The van der Waals surface area contributed by atoms with E-state index in [2.05, 4.69) is 52.6 Å². The van der Waals surface area contributed by atoms with Crippen LogP contribution in [0.5, 0.6) is 5.75 Å². The Labute approximate surface area is 194 Å². The molecule has 3 rings (SSSR count). The van der Waals surface area contributed by atoms with Crippen molar-refractivity contribution in [1.82, 2.24) is 15.5 Å². The summed E-state index contributed by atoms with van der Waals surface area (Å²) < 4.78 is 6.06. The highest BCUT2D eigenvalue weighted by Crippen LogP contribution is 2.31. The number of ether oxygens (including phenoxy) is 1. The first kappa shape index (κ1) is 24.3. The number of aryl methyl sites for hydroxylation is 1. The van der Waals surface area contributed by atoms with Crippen molar-refractivity contribution in [3.63, 3.8) is 0 Å². The van der Waals surface area contributed by atoms with Crippen LogP contribution in [0.1, 0.15) is 56.6 Å². The fourth-order valence-corrected chi connectivity index (χ4v) is 3.92. The highest BCUT2D eigenvalue weighted by molar-refractivity contribution is 14.0. The Morgan fingerprint density at radius 1 is 1.21 bits per heavy atom. The molecule has 29 heavy (non-hydrogen) atoms. The third-order valence-electron chi connectivity index (χ3n) is 5.84. The SMILES string of the molecule is CCCCCOc1cc(C)ccc1CNC(=NC)NCC1CCN(C2CC2)C1.I. The Hall–Kier alpha value is -1.02. The van der Waals surface area contributed by atoms with Crippen LogP contribution in [0.2, 0.25) is 0 Å². The molecular formula is C23H39IN4O. The smallest absolute Gasteiger partial charge is 0.191 e. The number of benzene rings is 1. The van der Waals surface area contributed by atoms with Crippen molar-refractivity contribution in [2.75, 3.05) is 33.3 Å². The zero-order chi connectivity index (χ0) is 19.8. The number of halogens is 1. The summed E-state index contributed by atoms with van der Waals surface area (Å²) in [5.74, 6) is 2.60. The van der Waals surface area contributed by atoms with Gasteiger partial charge in [-0.3, -0.25) is 4.99 Å². The molecule has 6 heteroatoms. The van der Waals surface area contributed by atoms with Crippen LogP contribution < -0.4 is 15.4 Å². The molecule has 164 valence electrons. The highest BCUT2D eigenvalue weighted by atomic mass is 127. The van der Waals surface area contributed by atoms with Crippen molar-refractivity contribution in [3.05, 3.63) is 29.3 Å². The van der Waals surface area contributed by atoms with E-state index in [1.807, 2.05) is 7.05 Å². The van der Waals surface area contributed by atoms with E-state index in [9.17, 15) is 0 Å². The Balaban J connectivity index is 0.00000300. The lowest BCUT2D eigenvalue weighted by Gasteiger charge is -2.18. The van der Waals surface area contributed by atoms with E-state index in [4.69, 9.17) is 4.74 Å². The highest BCUT2D eigenvalue weighted by Gasteiger charge is 2.34. The molecule has 2 fully saturated rings. The van der Waals surface area contributed by atoms with Gasteiger partial charge in [0.1, 0.15) is 5.75 Å². The lowest BCUT2D eigenvalue weighted by atomic mass is 10.1. The van der Waals surface area contributed by atoms with Crippen molar-refractivity contribution >= 4 is 29.9 Å². The standard InChI is InChI=1S/C23H38N4O.HI/c1-4-5-6-13-28-22-14-18(2)7-8-20(22)16-26-23(24-3)25-15-19-11-12-27(17-19)21-9-10-21;/h7-8,14,19,21H,4-6,9-13,15-17H2,1-3H3,(H2,24,25,26);1H. The first-order chi connectivity index (χ1) is 13.7. The number of nitrogens with zero attached hydrogens (tertiary/aromatic N) is 2. The van der Waals surface area contributed by atoms with Gasteiger partial charge in [-0.05, 0) is 56.7 Å². The van der Waals surface area contributed by atoms with Crippen molar-refractivity contribution in [2.45, 2.75) is 65.0 Å². The Morgan fingerprint density at radius 3 is 2.76 bits per heavy atom. The average molecular weight is 514 g/mol. The van der Waals surface area contributed by atoms with Crippen molar-refractivity contribution in [1.29, 1.82) is 0 Å². The molecule has 1 atom stereocenters. The molecule has 2 aliphatic rings. The number of hydrogen-bond acceptors (Lipinski definition) is 3. The maximum atomic E-state index is 6.06. The van der Waals surface area contributed by atoms with Gasteiger partial charge in [0.15, 0.2) is 5.96 Å². The largest absolute Gasteiger partial charge is 0.493 e. The predicted octanol–water partition coefficient (Wildman–Crippen LogP) is 4.33. The van der Waals surface area contributed by atoms with Gasteiger partial charge in [0.2, 0.25) is 0 Å². The average Bonchev–Trinajstić information content (AvgIpc) is 3.45. The molecule has 0 bridgehead atoms. The van der Waals surface area contributed by atoms with Gasteiger partial charge in [0.25, 0.3) is 0 Å². The molecule has 0 spiro atoms. The van der Waals surface area contributed by atoms with Crippen molar-refractivity contribution < 1.29 is 4.74 Å². The molecule has 1 aliphatic heterocycles. The van der Waals surface area contributed by atoms with Crippen LogP contribution in [0.3, 0.4) is 0 Å². The van der Waals surface area contributed by atoms with Gasteiger partial charge in [0, 0.05) is 38.3 Å². The van der Waals surface area contributed by atoms with Crippen molar-refractivity contribution in [3.8, 4) is 5.75 Å². The van der Waals surface area contributed by atoms with E-state index < -0.39 is 0 Å². The van der Waals surface area contributed by atoms with E-state index in [0.717, 1.165) is 49.8 Å². The fraction of sp³-hybridized carbons (Fsp3) is 0.696. The van der Waals surface area contributed by atoms with Crippen LogP contribution in [-0.4, -0.2) is 50.2 Å². The Kier molecular flexibility index (Phi) is 10.6. The quantitative estimate of drug-likeness (QED) is 0.211. The maximum Gasteiger partial charge on any atom is 0.191 e. The second kappa shape index (κ2) is 12.6. The first-order valence-electron chi connectivity index (χ1n) is 11.1. The number of likely N-dealkylation sites (tertiary alicyclic amines) is 1. The summed E-state index contributed by atoms with van der Waals surface area (Å²) in [5, 5.41) is 6.99. The van der Waals surface area contributed by atoms with Gasteiger partial charge in [-0.2, -0.15) is 0 Å². The Bertz CT molecular complexity index is 648. The summed E-state index contributed by atoms with van der Waals surface area (Å²) in [6.07, 6.45) is 7.65. The Morgan fingerprint density at radius 2 is 2.03 bits per heavy atom. The van der Waals surface area contributed by atoms with Crippen LogP contribution in [-0.2, 0) is 6.54 Å². The van der Waals surface area contributed by atoms with E-state index in [0.29, 0.717) is 0 Å². The van der Waals surface area contributed by atoms with Gasteiger partial charge in [-0.25, -0.2) is 0 Å². The van der Waals surface area contributed by atoms with Crippen molar-refractivity contribution in [2.24, 2.45) is 10.9 Å². The monoisotopic (exact) mass is 514 g/mol. The molecule has 1 heterocycles. The minimum atomic E-state index is 0. The molecule has 5 nitrogen and oxygen atoms in total. The lowest BCUT2D eigenvalue weighted by Crippen LogP contribution is -2.40. The van der Waals surface area contributed by atoms with Gasteiger partial charge >= 0.3 is 0 Å². The number of rotatable bonds is 10. The minimum Gasteiger partial charge on any atom is -0.493 e. The summed E-state index contributed by atoms with van der Waals surface area (Å²) >= 11 is 0. The van der Waals surface area contributed by atoms with Crippen LogP contribution in [0.15, 0.2) is 23.2 Å². The molecule has 1 saturated heterocycles. The summed E-state index contributed by atoms with van der Waals surface area (Å²) in [4.78, 5) is 7.07. The zero-order valence-electron chi connectivity index (χ0n) is 18.4. The van der Waals surface area contributed by atoms with Gasteiger partial charge in [-0.15, -0.1) is 24.0 Å². The number of guanidine groups is 1. The number of hydrogen-bond donors (Lipinski definition) is 2. The van der Waals surface area contributed by atoms with E-state index in [1.54, 1.807) is 0 Å². The van der Waals surface area contributed by atoms with Crippen LogP contribution in [0.4, 0.5) is 0 Å². The van der Waals surface area contributed by atoms with Crippen LogP contribution >= 0.6 is 24.0 Å². The number of aliphatic imine (C=N–C) groups is 1. The first-order valence-corrected chi connectivity index (χ1v) is 11.1. The molecule has 0 radical (unpaired) electrons. The third-order valence-corrected chi connectivity index (χ3v) is 5.84. The number of unbranched alkanes of at least 4 members (excludes halogenated alkanes) is 2. The summed E-state index contributed by atoms with van der Waals surface area (Å²) in [7, 11) is 1.85. The second-order valence-electron chi connectivity index (χ2n) is 8.35. The summed E-state index contributed by atoms with van der Waals surface area (Å²) in [6.45, 7) is 9.35. The molecule has 1 saturated carbocycles. The summed E-state index contributed by atoms with van der Waals surface area (Å²) in [5.41, 5.74) is 2.42. The maximum absolute atomic E-state index is 6.06. The van der Waals surface area contributed by atoms with E-state index in [-0.39, 0.29) is 24.0 Å². The summed E-state index contributed by atoms with van der Waals surface area (Å²) in [6, 6.07) is 7.34. The molecule has 1 aliphatic carbocycles. The third kappa shape index (κ3) is 7.96. The van der Waals surface area contributed by atoms with Gasteiger partial charge in [0.05, 0.1) is 6.61 Å². The van der Waals surface area contributed by atoms with Crippen LogP contribution in [0.25, 0.3) is 0 Å². The molecule has 1 aromatic carbocycles. The zero-order valence-corrected chi connectivity index (χ0v) is 20.7. The van der Waals surface area contributed by atoms with E-state index >= 15 is 0 Å². The number of nitrogens with one attached hydrogen (secondary N) is 2. The van der Waals surface area contributed by atoms with Gasteiger partial charge in [-0.1, -0.05) is 31.9 Å². The van der Waals surface area contributed by atoms with Crippen LogP contribution in [0, 0.1) is 12.8 Å². The van der Waals surface area contributed by atoms with Gasteiger partial charge < -0.3 is 20.3 Å². The normalized spacial score (nSPS) is 19.7. The lowest BCUT2D eigenvalue weighted by molar-refractivity contribution is 0.303. The molecule has 0 aromatic heterocycles. The molecule has 0 amide bonds. The molecule has 2 N–H and O–H groups in total. The minimum absolute atomic E-state index is 0. The fourth-order valence-electron chi connectivity index (χ4n) is 3.92. The van der Waals surface area contributed by atoms with E-state index in [1.165, 1.54) is 56.3 Å². The molecular weight excluding hydrogens is 475 g/mol. The molecule has 1 unspecified atom stereocenters. The predicted molar refractivity (Wildman–Crippen MR) is 133 cm³/mol. The topological polar surface area (TPSA) is 48.9 Å².